The van der Waals surface area contributed by atoms with Crippen LogP contribution in [0.25, 0.3) is 0 Å². The van der Waals surface area contributed by atoms with E-state index in [0.717, 1.165) is 11.8 Å². The predicted molar refractivity (Wildman–Crippen MR) is 173 cm³/mol. The van der Waals surface area contributed by atoms with Gasteiger partial charge in [-0.3, -0.25) is 34.0 Å². The second-order valence-corrected chi connectivity index (χ2v) is 13.2. The van der Waals surface area contributed by atoms with Gasteiger partial charge in [-0.05, 0) is 26.3 Å². The van der Waals surface area contributed by atoms with E-state index in [4.69, 9.17) is 14.2 Å². The highest BCUT2D eigenvalue weighted by Crippen LogP contribution is 2.11. The Balaban J connectivity index is 2.24. The Morgan fingerprint density at radius 2 is 1.09 bits per heavy atom. The minimum atomic E-state index is -3.61. The van der Waals surface area contributed by atoms with E-state index in [1.165, 1.54) is 4.31 Å². The van der Waals surface area contributed by atoms with Gasteiger partial charge in [-0.15, -0.1) is 0 Å². The number of nitrogens with zero attached hydrogens (tertiary/aromatic N) is 5. The third-order valence-electron chi connectivity index (χ3n) is 7.46. The van der Waals surface area contributed by atoms with Gasteiger partial charge in [0.25, 0.3) is 0 Å². The van der Waals surface area contributed by atoms with E-state index < -0.39 is 16.1 Å². The molecule has 262 valence electrons. The summed E-state index contributed by atoms with van der Waals surface area (Å²) in [6.45, 7) is 10.1. The zero-order chi connectivity index (χ0) is 34.0. The van der Waals surface area contributed by atoms with E-state index in [-0.39, 0.29) is 77.0 Å². The standard InChI is InChI=1S/C31H53N5O9S/c1-5-43-29(38)24-33-15-13-32(22-28(37)23-36(46(4,41)42)21-27-11-9-8-10-12-27)14-16-34(25-30(39)44-6-2)18-20-35(19-17-33)26-31(40)45-7-3/h8-12,28,37H,5-7,13-26H2,1-4H3. The van der Waals surface area contributed by atoms with Crippen LogP contribution in [0.5, 0.6) is 0 Å². The summed E-state index contributed by atoms with van der Waals surface area (Å²) in [6.07, 6.45) is 0.133. The number of esters is 3. The summed E-state index contributed by atoms with van der Waals surface area (Å²) in [5, 5.41) is 11.2. The van der Waals surface area contributed by atoms with E-state index in [1.807, 2.05) is 49.9 Å². The van der Waals surface area contributed by atoms with Gasteiger partial charge in [0.1, 0.15) is 0 Å². The fourth-order valence-electron chi connectivity index (χ4n) is 5.10. The highest BCUT2D eigenvalue weighted by molar-refractivity contribution is 7.88. The molecular weight excluding hydrogens is 618 g/mol. The van der Waals surface area contributed by atoms with Gasteiger partial charge in [0.05, 0.1) is 51.8 Å². The number of carbonyl (C=O) groups excluding carboxylic acids is 3. The van der Waals surface area contributed by atoms with Crippen molar-refractivity contribution in [3.63, 3.8) is 0 Å². The van der Waals surface area contributed by atoms with E-state index in [9.17, 15) is 27.9 Å². The molecule has 14 nitrogen and oxygen atoms in total. The maximum Gasteiger partial charge on any atom is 0.320 e. The third-order valence-corrected chi connectivity index (χ3v) is 8.67. The van der Waals surface area contributed by atoms with Gasteiger partial charge >= 0.3 is 17.9 Å². The van der Waals surface area contributed by atoms with Crippen molar-refractivity contribution in [3.05, 3.63) is 35.9 Å². The van der Waals surface area contributed by atoms with Crippen LogP contribution in [-0.4, -0.2) is 173 Å². The molecule has 1 aromatic rings. The second-order valence-electron chi connectivity index (χ2n) is 11.2. The average Bonchev–Trinajstić information content (AvgIpc) is 2.98. The van der Waals surface area contributed by atoms with Gasteiger partial charge in [0.2, 0.25) is 10.0 Å². The summed E-state index contributed by atoms with van der Waals surface area (Å²) in [6, 6.07) is 9.20. The molecule has 1 aliphatic rings. The van der Waals surface area contributed by atoms with Crippen LogP contribution in [0.4, 0.5) is 0 Å². The molecular formula is C31H53N5O9S. The van der Waals surface area contributed by atoms with E-state index in [1.54, 1.807) is 20.8 Å². The molecule has 1 unspecified atom stereocenters. The highest BCUT2D eigenvalue weighted by Gasteiger charge is 2.25. The maximum absolute atomic E-state index is 12.6. The molecule has 1 atom stereocenters. The first-order chi connectivity index (χ1) is 21.9. The SMILES string of the molecule is CCOC(=O)CN1CCN(CC(=O)OCC)CCN(CC(O)CN(Cc2ccccc2)S(C)(=O)=O)CCN(CC(=O)OCC)CC1. The fraction of sp³-hybridized carbons (Fsp3) is 0.710. The third kappa shape index (κ3) is 16.3. The highest BCUT2D eigenvalue weighted by atomic mass is 32.2. The lowest BCUT2D eigenvalue weighted by Gasteiger charge is -2.34. The quantitative estimate of drug-likeness (QED) is 0.182. The van der Waals surface area contributed by atoms with Gasteiger partial charge in [0.15, 0.2) is 0 Å². The number of carbonyl (C=O) groups is 3. The monoisotopic (exact) mass is 671 g/mol. The van der Waals surface area contributed by atoms with Crippen LogP contribution < -0.4 is 0 Å². The molecule has 0 amide bonds. The van der Waals surface area contributed by atoms with Gasteiger partial charge in [-0.25, -0.2) is 8.42 Å². The van der Waals surface area contributed by atoms with Crippen molar-refractivity contribution in [1.29, 1.82) is 0 Å². The Morgan fingerprint density at radius 1 is 0.717 bits per heavy atom. The van der Waals surface area contributed by atoms with Gasteiger partial charge < -0.3 is 19.3 Å². The summed E-state index contributed by atoms with van der Waals surface area (Å²) < 4.78 is 42.0. The zero-order valence-corrected chi connectivity index (χ0v) is 28.7. The number of benzene rings is 1. The lowest BCUT2D eigenvalue weighted by atomic mass is 10.2. The van der Waals surface area contributed by atoms with E-state index in [0.29, 0.717) is 52.4 Å². The van der Waals surface area contributed by atoms with Gasteiger partial charge in [-0.1, -0.05) is 30.3 Å². The molecule has 0 saturated carbocycles. The van der Waals surface area contributed by atoms with Crippen LogP contribution >= 0.6 is 0 Å². The average molecular weight is 672 g/mol. The first-order valence-electron chi connectivity index (χ1n) is 16.0. The Bertz CT molecular complexity index is 1120. The first-order valence-corrected chi connectivity index (χ1v) is 17.8. The Kier molecular flexibility index (Phi) is 18.3. The number of rotatable bonds is 16. The van der Waals surface area contributed by atoms with Crippen LogP contribution in [0, 0.1) is 0 Å². The van der Waals surface area contributed by atoms with Gasteiger partial charge in [0, 0.05) is 72.0 Å². The number of β-amino-alcohol motifs (C(OH)–C–C–N with tert-alkyl or cyclic N) is 1. The molecule has 15 heteroatoms. The van der Waals surface area contributed by atoms with E-state index in [2.05, 4.69) is 0 Å². The minimum Gasteiger partial charge on any atom is -0.465 e. The summed E-state index contributed by atoms with van der Waals surface area (Å²) >= 11 is 0. The molecule has 0 spiro atoms. The molecule has 1 aliphatic heterocycles. The topological polar surface area (TPSA) is 149 Å². The minimum absolute atomic E-state index is 0.0609. The molecule has 1 heterocycles. The van der Waals surface area contributed by atoms with Crippen molar-refractivity contribution in [3.8, 4) is 0 Å². The predicted octanol–water partition coefficient (Wildman–Crippen LogP) is -0.280. The van der Waals surface area contributed by atoms with Crippen LogP contribution in [0.15, 0.2) is 30.3 Å². The van der Waals surface area contributed by atoms with Crippen LogP contribution in [0.2, 0.25) is 0 Å². The van der Waals surface area contributed by atoms with E-state index >= 15 is 0 Å². The summed E-state index contributed by atoms with van der Waals surface area (Å²) in [5.41, 5.74) is 0.813. The number of sulfonamides is 1. The number of hydrogen-bond acceptors (Lipinski definition) is 13. The maximum atomic E-state index is 12.6. The van der Waals surface area contributed by atoms with Crippen molar-refractivity contribution in [1.82, 2.24) is 23.9 Å². The molecule has 0 bridgehead atoms. The largest absolute Gasteiger partial charge is 0.465 e. The lowest BCUT2D eigenvalue weighted by Crippen LogP contribution is -2.50. The Hall–Kier alpha value is -2.66. The Morgan fingerprint density at radius 3 is 1.43 bits per heavy atom. The molecule has 1 fully saturated rings. The van der Waals surface area contributed by atoms with Crippen molar-refractivity contribution >= 4 is 27.9 Å². The zero-order valence-electron chi connectivity index (χ0n) is 27.8. The molecule has 0 radical (unpaired) electrons. The summed E-state index contributed by atoms with van der Waals surface area (Å²) in [7, 11) is -3.61. The number of aliphatic hydroxyl groups is 1. The summed E-state index contributed by atoms with van der Waals surface area (Å²) in [5.74, 6) is -1.06. The van der Waals surface area contributed by atoms with Crippen LogP contribution in [0.1, 0.15) is 26.3 Å². The molecule has 2 rings (SSSR count). The molecule has 1 aromatic carbocycles. The smallest absolute Gasteiger partial charge is 0.320 e. The summed E-state index contributed by atoms with van der Waals surface area (Å²) in [4.78, 5) is 45.1. The molecule has 1 N–H and O–H groups in total. The lowest BCUT2D eigenvalue weighted by molar-refractivity contribution is -0.146. The van der Waals surface area contributed by atoms with Crippen molar-refractivity contribution in [2.45, 2.75) is 33.4 Å². The molecule has 46 heavy (non-hydrogen) atoms. The first kappa shape index (κ1) is 39.5. The number of aliphatic hydroxyl groups excluding tert-OH is 1. The van der Waals surface area contributed by atoms with Gasteiger partial charge in [-0.2, -0.15) is 4.31 Å². The Labute approximate surface area is 274 Å². The van der Waals surface area contributed by atoms with Crippen molar-refractivity contribution < 1.29 is 42.1 Å². The second kappa shape index (κ2) is 21.3. The van der Waals surface area contributed by atoms with Crippen molar-refractivity contribution in [2.24, 2.45) is 0 Å². The molecule has 0 aromatic heterocycles. The molecule has 1 saturated heterocycles. The normalized spacial score (nSPS) is 17.5. The van der Waals surface area contributed by atoms with Crippen molar-refractivity contribution in [2.75, 3.05) is 111 Å². The number of hydrogen-bond donors (Lipinski definition) is 1. The van der Waals surface area contributed by atoms with Crippen LogP contribution in [0.3, 0.4) is 0 Å². The number of ether oxygens (including phenoxy) is 3. The fourth-order valence-corrected chi connectivity index (χ4v) is 5.92. The molecule has 0 aliphatic carbocycles. The van der Waals surface area contributed by atoms with Crippen LogP contribution in [-0.2, 0) is 45.2 Å².